The van der Waals surface area contributed by atoms with Crippen LogP contribution in [0.25, 0.3) is 0 Å². The Morgan fingerprint density at radius 1 is 1.43 bits per heavy atom. The van der Waals surface area contributed by atoms with Gasteiger partial charge in [0.2, 0.25) is 0 Å². The first-order valence-electron chi connectivity index (χ1n) is 8.29. The third-order valence-electron chi connectivity index (χ3n) is 4.33. The number of hydrogen-bond donors (Lipinski definition) is 1. The number of nitrogens with zero attached hydrogens (tertiary/aromatic N) is 3. The molecule has 120 valence electrons. The molecule has 1 fully saturated rings. The lowest BCUT2D eigenvalue weighted by atomic mass is 9.99. The molecule has 0 bridgehead atoms. The van der Waals surface area contributed by atoms with Gasteiger partial charge in [-0.25, -0.2) is 0 Å². The number of halogens is 1. The van der Waals surface area contributed by atoms with Crippen LogP contribution in [0.1, 0.15) is 44.5 Å². The highest BCUT2D eigenvalue weighted by Crippen LogP contribution is 2.23. The number of piperidine rings is 1. The molecule has 1 aromatic rings. The van der Waals surface area contributed by atoms with Crippen molar-refractivity contribution >= 4 is 11.6 Å². The summed E-state index contributed by atoms with van der Waals surface area (Å²) in [6.07, 6.45) is 4.72. The zero-order valence-corrected chi connectivity index (χ0v) is 14.4. The molecule has 1 aliphatic rings. The maximum absolute atomic E-state index is 6.49. The van der Waals surface area contributed by atoms with E-state index >= 15 is 0 Å². The molecule has 4 nitrogen and oxygen atoms in total. The fourth-order valence-corrected chi connectivity index (χ4v) is 3.55. The average molecular weight is 313 g/mol. The molecule has 21 heavy (non-hydrogen) atoms. The molecule has 1 atom stereocenters. The molecule has 0 radical (unpaired) electrons. The SMILES string of the molecule is CCCN(Cc1c(Cl)c(CC)nn1C)CC1CCCNC1. The van der Waals surface area contributed by atoms with Gasteiger partial charge >= 0.3 is 0 Å². The molecular weight excluding hydrogens is 284 g/mol. The second kappa shape index (κ2) is 8.16. The molecule has 1 N–H and O–H groups in total. The molecule has 0 amide bonds. The van der Waals surface area contributed by atoms with Gasteiger partial charge in [0.25, 0.3) is 0 Å². The van der Waals surface area contributed by atoms with E-state index in [1.807, 2.05) is 11.7 Å². The minimum Gasteiger partial charge on any atom is -0.316 e. The van der Waals surface area contributed by atoms with Crippen LogP contribution >= 0.6 is 11.6 Å². The molecular formula is C16H29ClN4. The van der Waals surface area contributed by atoms with E-state index in [4.69, 9.17) is 11.6 Å². The van der Waals surface area contributed by atoms with Gasteiger partial charge in [-0.2, -0.15) is 5.10 Å². The maximum Gasteiger partial charge on any atom is 0.0863 e. The number of nitrogens with one attached hydrogen (secondary N) is 1. The summed E-state index contributed by atoms with van der Waals surface area (Å²) in [7, 11) is 2.01. The first-order valence-corrected chi connectivity index (χ1v) is 8.66. The standard InChI is InChI=1S/C16H29ClN4/c1-4-9-21(11-13-7-6-8-18-10-13)12-15-16(17)14(5-2)19-20(15)3/h13,18H,4-12H2,1-3H3. The predicted molar refractivity (Wildman–Crippen MR) is 88.8 cm³/mol. The van der Waals surface area contributed by atoms with E-state index in [1.165, 1.54) is 25.8 Å². The summed E-state index contributed by atoms with van der Waals surface area (Å²) >= 11 is 6.49. The van der Waals surface area contributed by atoms with Crippen LogP contribution in [-0.4, -0.2) is 40.9 Å². The van der Waals surface area contributed by atoms with Crippen LogP contribution in [0.3, 0.4) is 0 Å². The normalized spacial score (nSPS) is 19.4. The van der Waals surface area contributed by atoms with E-state index in [1.54, 1.807) is 0 Å². The number of rotatable bonds is 7. The van der Waals surface area contributed by atoms with Gasteiger partial charge in [-0.3, -0.25) is 9.58 Å². The Labute approximate surface area is 133 Å². The fourth-order valence-electron chi connectivity index (χ4n) is 3.20. The van der Waals surface area contributed by atoms with Crippen LogP contribution < -0.4 is 5.32 Å². The van der Waals surface area contributed by atoms with Gasteiger partial charge in [0, 0.05) is 20.1 Å². The topological polar surface area (TPSA) is 33.1 Å². The number of aryl methyl sites for hydroxylation is 2. The van der Waals surface area contributed by atoms with Crippen molar-refractivity contribution in [1.29, 1.82) is 0 Å². The Morgan fingerprint density at radius 3 is 2.81 bits per heavy atom. The van der Waals surface area contributed by atoms with Gasteiger partial charge in [0.1, 0.15) is 0 Å². The summed E-state index contributed by atoms with van der Waals surface area (Å²) in [5.41, 5.74) is 2.18. The van der Waals surface area contributed by atoms with E-state index in [-0.39, 0.29) is 0 Å². The Kier molecular flexibility index (Phi) is 6.52. The third kappa shape index (κ3) is 4.44. The summed E-state index contributed by atoms with van der Waals surface area (Å²) < 4.78 is 1.96. The lowest BCUT2D eigenvalue weighted by molar-refractivity contribution is 0.197. The lowest BCUT2D eigenvalue weighted by Gasteiger charge is -2.30. The van der Waals surface area contributed by atoms with Gasteiger partial charge in [-0.05, 0) is 51.2 Å². The van der Waals surface area contributed by atoms with E-state index in [0.29, 0.717) is 0 Å². The van der Waals surface area contributed by atoms with Crippen molar-refractivity contribution in [1.82, 2.24) is 20.0 Å². The molecule has 0 aromatic carbocycles. The van der Waals surface area contributed by atoms with E-state index in [9.17, 15) is 0 Å². The van der Waals surface area contributed by atoms with Crippen molar-refractivity contribution in [2.45, 2.75) is 46.1 Å². The summed E-state index contributed by atoms with van der Waals surface area (Å²) in [5.74, 6) is 0.767. The minimum atomic E-state index is 0.767. The average Bonchev–Trinajstić information content (AvgIpc) is 2.76. The third-order valence-corrected chi connectivity index (χ3v) is 4.77. The summed E-state index contributed by atoms with van der Waals surface area (Å²) in [4.78, 5) is 2.54. The van der Waals surface area contributed by atoms with Crippen molar-refractivity contribution in [3.63, 3.8) is 0 Å². The predicted octanol–water partition coefficient (Wildman–Crippen LogP) is 2.85. The maximum atomic E-state index is 6.49. The Hall–Kier alpha value is -0.580. The first kappa shape index (κ1) is 16.8. The molecule has 5 heteroatoms. The van der Waals surface area contributed by atoms with Gasteiger partial charge in [0.15, 0.2) is 0 Å². The Balaban J connectivity index is 2.03. The fraction of sp³-hybridized carbons (Fsp3) is 0.812. The molecule has 2 heterocycles. The Morgan fingerprint density at radius 2 is 2.24 bits per heavy atom. The molecule has 0 aliphatic carbocycles. The molecule has 1 saturated heterocycles. The van der Waals surface area contributed by atoms with Crippen LogP contribution in [0.2, 0.25) is 5.02 Å². The van der Waals surface area contributed by atoms with E-state index in [0.717, 1.165) is 54.9 Å². The molecule has 1 aromatic heterocycles. The number of hydrogen-bond acceptors (Lipinski definition) is 3. The van der Waals surface area contributed by atoms with Gasteiger partial charge < -0.3 is 5.32 Å². The Bertz CT molecular complexity index is 438. The van der Waals surface area contributed by atoms with Crippen molar-refractivity contribution in [3.8, 4) is 0 Å². The van der Waals surface area contributed by atoms with Crippen molar-refractivity contribution in [2.75, 3.05) is 26.2 Å². The van der Waals surface area contributed by atoms with Crippen molar-refractivity contribution < 1.29 is 0 Å². The lowest BCUT2D eigenvalue weighted by Crippen LogP contribution is -2.38. The zero-order valence-electron chi connectivity index (χ0n) is 13.7. The highest BCUT2D eigenvalue weighted by molar-refractivity contribution is 6.31. The first-order chi connectivity index (χ1) is 10.2. The molecule has 1 aliphatic heterocycles. The monoisotopic (exact) mass is 312 g/mol. The van der Waals surface area contributed by atoms with Gasteiger partial charge in [0.05, 0.1) is 16.4 Å². The van der Waals surface area contributed by atoms with Crippen LogP contribution in [0.4, 0.5) is 0 Å². The molecule has 1 unspecified atom stereocenters. The largest absolute Gasteiger partial charge is 0.316 e. The van der Waals surface area contributed by atoms with Crippen molar-refractivity contribution in [2.24, 2.45) is 13.0 Å². The van der Waals surface area contributed by atoms with Crippen LogP contribution in [0.5, 0.6) is 0 Å². The minimum absolute atomic E-state index is 0.767. The second-order valence-corrected chi connectivity index (χ2v) is 6.51. The van der Waals surface area contributed by atoms with Crippen LogP contribution in [-0.2, 0) is 20.0 Å². The molecule has 2 rings (SSSR count). The van der Waals surface area contributed by atoms with Crippen LogP contribution in [0.15, 0.2) is 0 Å². The molecule has 0 saturated carbocycles. The van der Waals surface area contributed by atoms with Crippen LogP contribution in [0, 0.1) is 5.92 Å². The number of aromatic nitrogens is 2. The molecule has 0 spiro atoms. The van der Waals surface area contributed by atoms with E-state index < -0.39 is 0 Å². The summed E-state index contributed by atoms with van der Waals surface area (Å²) in [5, 5.41) is 8.91. The highest BCUT2D eigenvalue weighted by atomic mass is 35.5. The summed E-state index contributed by atoms with van der Waals surface area (Å²) in [6.45, 7) is 9.87. The highest BCUT2D eigenvalue weighted by Gasteiger charge is 2.20. The van der Waals surface area contributed by atoms with Crippen molar-refractivity contribution in [3.05, 3.63) is 16.4 Å². The smallest absolute Gasteiger partial charge is 0.0863 e. The zero-order chi connectivity index (χ0) is 15.2. The van der Waals surface area contributed by atoms with E-state index in [2.05, 4.69) is 29.2 Å². The second-order valence-electron chi connectivity index (χ2n) is 6.13. The van der Waals surface area contributed by atoms with Gasteiger partial charge in [-0.1, -0.05) is 25.4 Å². The quantitative estimate of drug-likeness (QED) is 0.840. The summed E-state index contributed by atoms with van der Waals surface area (Å²) in [6, 6.07) is 0. The van der Waals surface area contributed by atoms with Gasteiger partial charge in [-0.15, -0.1) is 0 Å².